The van der Waals surface area contributed by atoms with E-state index >= 15 is 0 Å². The van der Waals surface area contributed by atoms with Gasteiger partial charge in [0.25, 0.3) is 11.7 Å². The summed E-state index contributed by atoms with van der Waals surface area (Å²) in [6.45, 7) is 5.39. The maximum atomic E-state index is 13.3. The minimum atomic E-state index is -1.02. The zero-order valence-corrected chi connectivity index (χ0v) is 19.3. The summed E-state index contributed by atoms with van der Waals surface area (Å²) < 4.78 is 5.35. The highest BCUT2D eigenvalue weighted by Crippen LogP contribution is 2.45. The van der Waals surface area contributed by atoms with Gasteiger partial charge in [-0.2, -0.15) is 0 Å². The number of Topliss-reactive ketones (excluding diaryl/α,β-unsaturated/α-hetero) is 1. The van der Waals surface area contributed by atoms with Gasteiger partial charge in [0, 0.05) is 5.56 Å². The SMILES string of the molecule is COc1cc(C)c(/C(O)=C2\C(=O)C(=O)N(c3cc(C)ccc3O)C2c2ccc(O)cc2)cc1C. The third kappa shape index (κ3) is 3.75. The van der Waals surface area contributed by atoms with Gasteiger partial charge in [0.05, 0.1) is 24.4 Å². The quantitative estimate of drug-likeness (QED) is 0.298. The van der Waals surface area contributed by atoms with Gasteiger partial charge < -0.3 is 20.1 Å². The second-order valence-corrected chi connectivity index (χ2v) is 8.39. The molecule has 1 heterocycles. The number of rotatable bonds is 4. The van der Waals surface area contributed by atoms with Crippen LogP contribution >= 0.6 is 0 Å². The lowest BCUT2D eigenvalue weighted by molar-refractivity contribution is -0.132. The average molecular weight is 459 g/mol. The van der Waals surface area contributed by atoms with Gasteiger partial charge >= 0.3 is 0 Å². The third-order valence-electron chi connectivity index (χ3n) is 6.04. The largest absolute Gasteiger partial charge is 0.508 e. The van der Waals surface area contributed by atoms with Crippen LogP contribution in [0.4, 0.5) is 5.69 Å². The number of hydrogen-bond acceptors (Lipinski definition) is 6. The van der Waals surface area contributed by atoms with Crippen LogP contribution in [0.1, 0.15) is 33.9 Å². The first kappa shape index (κ1) is 22.9. The number of aliphatic hydroxyl groups is 1. The molecule has 1 aliphatic rings. The second kappa shape index (κ2) is 8.59. The van der Waals surface area contributed by atoms with Crippen molar-refractivity contribution in [1.82, 2.24) is 0 Å². The standard InChI is InChI=1S/C27H25NO6/c1-14-5-10-21(30)20(11-14)28-24(17-6-8-18(29)9-7-17)23(26(32)27(28)33)25(31)19-12-16(3)22(34-4)13-15(19)2/h5-13,24,29-31H,1-4H3/b25-23+. The van der Waals surface area contributed by atoms with E-state index in [2.05, 4.69) is 0 Å². The van der Waals surface area contributed by atoms with Crippen molar-refractivity contribution < 1.29 is 29.6 Å². The van der Waals surface area contributed by atoms with Crippen molar-refractivity contribution in [2.24, 2.45) is 0 Å². The zero-order valence-electron chi connectivity index (χ0n) is 19.3. The maximum Gasteiger partial charge on any atom is 0.300 e. The Balaban J connectivity index is 2.00. The molecule has 1 saturated heterocycles. The van der Waals surface area contributed by atoms with Crippen LogP contribution in [-0.4, -0.2) is 34.1 Å². The number of methoxy groups -OCH3 is 1. The summed E-state index contributed by atoms with van der Waals surface area (Å²) >= 11 is 0. The number of carbonyl (C=O) groups is 2. The third-order valence-corrected chi connectivity index (χ3v) is 6.04. The Bertz CT molecular complexity index is 1340. The van der Waals surface area contributed by atoms with Gasteiger partial charge in [-0.25, -0.2) is 0 Å². The summed E-state index contributed by atoms with van der Waals surface area (Å²) in [7, 11) is 1.55. The van der Waals surface area contributed by atoms with Crippen LogP contribution in [0.2, 0.25) is 0 Å². The molecule has 0 aromatic heterocycles. The summed E-state index contributed by atoms with van der Waals surface area (Å²) in [5.41, 5.74) is 3.12. The topological polar surface area (TPSA) is 107 Å². The summed E-state index contributed by atoms with van der Waals surface area (Å²) in [5.74, 6) is -1.59. The summed E-state index contributed by atoms with van der Waals surface area (Å²) in [6.07, 6.45) is 0. The Labute approximate surface area is 197 Å². The monoisotopic (exact) mass is 459 g/mol. The number of phenolic OH excluding ortho intramolecular Hbond substituents is 2. The van der Waals surface area contributed by atoms with Crippen molar-refractivity contribution in [2.75, 3.05) is 12.0 Å². The number of ether oxygens (including phenoxy) is 1. The first-order valence-electron chi connectivity index (χ1n) is 10.7. The fraction of sp³-hybridized carbons (Fsp3) is 0.185. The van der Waals surface area contributed by atoms with E-state index < -0.39 is 17.7 Å². The number of phenols is 2. The molecule has 1 unspecified atom stereocenters. The Morgan fingerprint density at radius 2 is 1.59 bits per heavy atom. The minimum Gasteiger partial charge on any atom is -0.508 e. The van der Waals surface area contributed by atoms with E-state index in [1.54, 1.807) is 57.4 Å². The molecule has 1 aliphatic heterocycles. The summed E-state index contributed by atoms with van der Waals surface area (Å²) in [5, 5.41) is 31.7. The van der Waals surface area contributed by atoms with E-state index in [1.165, 1.54) is 23.1 Å². The predicted molar refractivity (Wildman–Crippen MR) is 128 cm³/mol. The number of aryl methyl sites for hydroxylation is 3. The molecule has 7 heteroatoms. The lowest BCUT2D eigenvalue weighted by Crippen LogP contribution is -2.29. The van der Waals surface area contributed by atoms with E-state index in [-0.39, 0.29) is 28.5 Å². The number of carbonyl (C=O) groups excluding carboxylic acids is 2. The number of aromatic hydroxyl groups is 2. The van der Waals surface area contributed by atoms with Crippen molar-refractivity contribution in [3.63, 3.8) is 0 Å². The van der Waals surface area contributed by atoms with E-state index in [9.17, 15) is 24.9 Å². The number of nitrogens with zero attached hydrogens (tertiary/aromatic N) is 1. The zero-order chi connectivity index (χ0) is 24.7. The molecule has 3 N–H and O–H groups in total. The number of ketones is 1. The first-order valence-corrected chi connectivity index (χ1v) is 10.7. The fourth-order valence-corrected chi connectivity index (χ4v) is 4.29. The molecule has 1 fully saturated rings. The molecule has 3 aromatic carbocycles. The van der Waals surface area contributed by atoms with Gasteiger partial charge in [-0.3, -0.25) is 14.5 Å². The lowest BCUT2D eigenvalue weighted by atomic mass is 9.93. The lowest BCUT2D eigenvalue weighted by Gasteiger charge is -2.26. The molecule has 174 valence electrons. The molecular formula is C27H25NO6. The molecule has 0 saturated carbocycles. The van der Waals surface area contributed by atoms with E-state index in [0.717, 1.165) is 11.1 Å². The van der Waals surface area contributed by atoms with Gasteiger partial charge in [-0.05, 0) is 79.4 Å². The molecule has 4 rings (SSSR count). The number of benzene rings is 3. The van der Waals surface area contributed by atoms with Gasteiger partial charge in [0.15, 0.2) is 0 Å². The molecule has 0 radical (unpaired) electrons. The Morgan fingerprint density at radius 1 is 0.912 bits per heavy atom. The smallest absolute Gasteiger partial charge is 0.300 e. The highest BCUT2D eigenvalue weighted by atomic mass is 16.5. The van der Waals surface area contributed by atoms with Crippen LogP contribution < -0.4 is 9.64 Å². The molecular weight excluding hydrogens is 434 g/mol. The Kier molecular flexibility index (Phi) is 5.79. The molecule has 1 atom stereocenters. The molecule has 34 heavy (non-hydrogen) atoms. The van der Waals surface area contributed by atoms with E-state index in [4.69, 9.17) is 4.74 Å². The van der Waals surface area contributed by atoms with E-state index in [1.807, 2.05) is 6.92 Å². The van der Waals surface area contributed by atoms with Crippen LogP contribution in [0.25, 0.3) is 5.76 Å². The Hall–Kier alpha value is -4.26. The molecule has 0 aliphatic carbocycles. The summed E-state index contributed by atoms with van der Waals surface area (Å²) in [6, 6.07) is 13.2. The second-order valence-electron chi connectivity index (χ2n) is 8.39. The van der Waals surface area contributed by atoms with Gasteiger partial charge in [0.2, 0.25) is 0 Å². The molecule has 7 nitrogen and oxygen atoms in total. The van der Waals surface area contributed by atoms with Crippen molar-refractivity contribution in [2.45, 2.75) is 26.8 Å². The normalized spacial score (nSPS) is 17.3. The molecule has 0 bridgehead atoms. The van der Waals surface area contributed by atoms with Crippen LogP contribution in [0.15, 0.2) is 60.2 Å². The molecule has 3 aromatic rings. The van der Waals surface area contributed by atoms with Crippen molar-refractivity contribution in [3.05, 3.63) is 88.0 Å². The van der Waals surface area contributed by atoms with Crippen LogP contribution in [0.3, 0.4) is 0 Å². The number of hydrogen-bond donors (Lipinski definition) is 3. The molecule has 0 spiro atoms. The van der Waals surface area contributed by atoms with Crippen LogP contribution in [0, 0.1) is 20.8 Å². The highest BCUT2D eigenvalue weighted by molar-refractivity contribution is 6.52. The predicted octanol–water partition coefficient (Wildman–Crippen LogP) is 4.66. The van der Waals surface area contributed by atoms with Gasteiger partial charge in [0.1, 0.15) is 23.0 Å². The Morgan fingerprint density at radius 3 is 2.24 bits per heavy atom. The number of aliphatic hydroxyl groups excluding tert-OH is 1. The van der Waals surface area contributed by atoms with Gasteiger partial charge in [-0.1, -0.05) is 18.2 Å². The number of amides is 1. The maximum absolute atomic E-state index is 13.3. The van der Waals surface area contributed by atoms with Crippen molar-refractivity contribution in [3.8, 4) is 17.2 Å². The van der Waals surface area contributed by atoms with E-state index in [0.29, 0.717) is 22.4 Å². The van der Waals surface area contributed by atoms with Crippen molar-refractivity contribution in [1.29, 1.82) is 0 Å². The number of anilines is 1. The van der Waals surface area contributed by atoms with Crippen LogP contribution in [-0.2, 0) is 9.59 Å². The first-order chi connectivity index (χ1) is 16.1. The van der Waals surface area contributed by atoms with Crippen LogP contribution in [0.5, 0.6) is 17.2 Å². The highest BCUT2D eigenvalue weighted by Gasteiger charge is 2.47. The van der Waals surface area contributed by atoms with Crippen molar-refractivity contribution >= 4 is 23.1 Å². The molecule has 1 amide bonds. The average Bonchev–Trinajstić information content (AvgIpc) is 3.07. The summed E-state index contributed by atoms with van der Waals surface area (Å²) in [4.78, 5) is 27.8. The minimum absolute atomic E-state index is 0.0146. The van der Waals surface area contributed by atoms with Gasteiger partial charge in [-0.15, -0.1) is 0 Å². The fourth-order valence-electron chi connectivity index (χ4n) is 4.29.